The lowest BCUT2D eigenvalue weighted by molar-refractivity contribution is -0.192. The number of alkyl halides is 5. The number of likely N-dealkylation sites (tertiary alicyclic amines) is 1. The maximum absolute atomic E-state index is 13.4. The van der Waals surface area contributed by atoms with Crippen LogP contribution in [-0.4, -0.2) is 79.6 Å². The van der Waals surface area contributed by atoms with Crippen molar-refractivity contribution in [1.82, 2.24) is 25.0 Å². The molecule has 11 nitrogen and oxygen atoms in total. The van der Waals surface area contributed by atoms with Gasteiger partial charge in [-0.3, -0.25) is 19.3 Å². The number of ketones is 1. The van der Waals surface area contributed by atoms with E-state index < -0.39 is 41.7 Å². The van der Waals surface area contributed by atoms with E-state index in [1.54, 1.807) is 42.6 Å². The second kappa shape index (κ2) is 14.0. The first-order chi connectivity index (χ1) is 20.2. The van der Waals surface area contributed by atoms with Crippen LogP contribution in [0.3, 0.4) is 0 Å². The lowest BCUT2D eigenvalue weighted by Crippen LogP contribution is -2.47. The Morgan fingerprint density at radius 1 is 1.02 bits per heavy atom. The fourth-order valence-electron chi connectivity index (χ4n) is 4.05. The molecule has 1 fully saturated rings. The Balaban J connectivity index is 0.000000646. The summed E-state index contributed by atoms with van der Waals surface area (Å²) in [6.07, 6.45) is -2.25. The first kappa shape index (κ1) is 32.8. The number of carbonyl (C=O) groups is 4. The molecule has 1 unspecified atom stereocenters. The van der Waals surface area contributed by atoms with Crippen LogP contribution in [-0.2, 0) is 27.3 Å². The maximum Gasteiger partial charge on any atom is 0.490 e. The number of pyridine rings is 1. The number of Topliss-reactive ketones (excluding diaryl/α,β-unsaturated/α-hetero) is 1. The van der Waals surface area contributed by atoms with E-state index in [9.17, 15) is 36.3 Å². The van der Waals surface area contributed by atoms with Gasteiger partial charge in [-0.05, 0) is 23.8 Å². The number of amides is 2. The number of hydrogen-bond donors (Lipinski definition) is 3. The summed E-state index contributed by atoms with van der Waals surface area (Å²) in [5, 5.41) is 14.2. The van der Waals surface area contributed by atoms with E-state index in [0.717, 1.165) is 5.56 Å². The van der Waals surface area contributed by atoms with Crippen molar-refractivity contribution in [3.8, 4) is 5.82 Å². The van der Waals surface area contributed by atoms with Gasteiger partial charge in [0.2, 0.25) is 5.78 Å². The molecular formula is C27H27F5N6O5. The van der Waals surface area contributed by atoms with E-state index in [1.807, 2.05) is 11.0 Å². The van der Waals surface area contributed by atoms with Crippen molar-refractivity contribution < 1.29 is 46.2 Å². The van der Waals surface area contributed by atoms with E-state index in [1.165, 1.54) is 16.9 Å². The number of rotatable bonds is 9. The molecule has 1 aliphatic heterocycles. The van der Waals surface area contributed by atoms with Crippen LogP contribution < -0.4 is 11.1 Å². The maximum atomic E-state index is 13.4. The third-order valence-electron chi connectivity index (χ3n) is 6.26. The minimum absolute atomic E-state index is 0.0880. The second-order valence-electron chi connectivity index (χ2n) is 9.51. The van der Waals surface area contributed by atoms with E-state index in [4.69, 9.17) is 15.6 Å². The molecule has 3 aromatic rings. The number of hydrogen-bond acceptors (Lipinski definition) is 7. The summed E-state index contributed by atoms with van der Waals surface area (Å²) in [5.41, 5.74) is 6.74. The molecule has 1 aromatic carbocycles. The zero-order valence-corrected chi connectivity index (χ0v) is 22.4. The minimum atomic E-state index is -5.08. The zero-order valence-electron chi connectivity index (χ0n) is 22.4. The van der Waals surface area contributed by atoms with E-state index in [-0.39, 0.29) is 43.7 Å². The summed E-state index contributed by atoms with van der Waals surface area (Å²) >= 11 is 0. The molecular weight excluding hydrogens is 583 g/mol. The van der Waals surface area contributed by atoms with Crippen LogP contribution in [0.5, 0.6) is 0 Å². The van der Waals surface area contributed by atoms with Gasteiger partial charge in [-0.15, -0.1) is 0 Å². The molecule has 1 aliphatic rings. The van der Waals surface area contributed by atoms with Crippen LogP contribution in [0.4, 0.5) is 22.0 Å². The van der Waals surface area contributed by atoms with Crippen molar-refractivity contribution in [3.05, 3.63) is 77.7 Å². The van der Waals surface area contributed by atoms with Gasteiger partial charge in [-0.2, -0.15) is 18.3 Å². The summed E-state index contributed by atoms with van der Waals surface area (Å²) in [4.78, 5) is 52.3. The standard InChI is InChI=1S/C25H26F2N6O3.C2HF3O2/c26-25(27)9-13-32(14-10-25)16-18-8-12-33(31-18)23-19(7-4-11-29-23)24(36)30-20(21(34)22(28)35)15-17-5-2-1-3-6-17;3-2(4,5)1(6)7/h1-8,11-12,20H,9-10,13-16H2,(H2,28,35)(H,30,36);(H,6,7). The van der Waals surface area contributed by atoms with E-state index >= 15 is 0 Å². The zero-order chi connectivity index (χ0) is 31.8. The van der Waals surface area contributed by atoms with Gasteiger partial charge in [0.05, 0.1) is 11.3 Å². The van der Waals surface area contributed by atoms with Crippen LogP contribution >= 0.6 is 0 Å². The average Bonchev–Trinajstić information content (AvgIpc) is 3.42. The molecule has 2 aromatic heterocycles. The highest BCUT2D eigenvalue weighted by Crippen LogP contribution is 2.28. The number of piperidine rings is 1. The van der Waals surface area contributed by atoms with Gasteiger partial charge in [-0.25, -0.2) is 23.2 Å². The van der Waals surface area contributed by atoms with Crippen LogP contribution in [0.15, 0.2) is 60.9 Å². The molecule has 0 radical (unpaired) electrons. The lowest BCUT2D eigenvalue weighted by atomic mass is 10.0. The van der Waals surface area contributed by atoms with Crippen molar-refractivity contribution in [1.29, 1.82) is 0 Å². The number of nitrogens with two attached hydrogens (primary N) is 1. The van der Waals surface area contributed by atoms with Gasteiger partial charge in [0, 0.05) is 51.3 Å². The van der Waals surface area contributed by atoms with Gasteiger partial charge < -0.3 is 16.2 Å². The smallest absolute Gasteiger partial charge is 0.475 e. The number of carboxylic acid groups (broad SMARTS) is 1. The molecule has 0 aliphatic carbocycles. The fraction of sp³-hybridized carbons (Fsp3) is 0.333. The Labute approximate surface area is 241 Å². The number of carbonyl (C=O) groups excluding carboxylic acids is 3. The average molecular weight is 611 g/mol. The molecule has 16 heteroatoms. The van der Waals surface area contributed by atoms with Gasteiger partial charge in [0.25, 0.3) is 17.7 Å². The first-order valence-corrected chi connectivity index (χ1v) is 12.7. The Bertz CT molecular complexity index is 1440. The summed E-state index contributed by atoms with van der Waals surface area (Å²) in [7, 11) is 0. The number of nitrogens with one attached hydrogen (secondary N) is 1. The molecule has 230 valence electrons. The van der Waals surface area contributed by atoms with Crippen molar-refractivity contribution in [2.24, 2.45) is 5.73 Å². The topological polar surface area (TPSA) is 161 Å². The molecule has 4 rings (SSSR count). The SMILES string of the molecule is NC(=O)C(=O)C(Cc1ccccc1)NC(=O)c1cccnc1-n1ccc(CN2CCC(F)(F)CC2)n1.O=C(O)C(F)(F)F. The predicted molar refractivity (Wildman–Crippen MR) is 140 cm³/mol. The summed E-state index contributed by atoms with van der Waals surface area (Å²) in [6, 6.07) is 12.6. The number of benzene rings is 1. The highest BCUT2D eigenvalue weighted by molar-refractivity contribution is 6.38. The number of halogens is 5. The van der Waals surface area contributed by atoms with Crippen LogP contribution in [0.25, 0.3) is 5.82 Å². The fourth-order valence-corrected chi connectivity index (χ4v) is 4.05. The Morgan fingerprint density at radius 2 is 1.65 bits per heavy atom. The normalized spacial score (nSPS) is 15.5. The molecule has 0 saturated carbocycles. The monoisotopic (exact) mass is 610 g/mol. The van der Waals surface area contributed by atoms with Crippen LogP contribution in [0.1, 0.15) is 34.5 Å². The molecule has 2 amide bonds. The number of carboxylic acids is 1. The summed E-state index contributed by atoms with van der Waals surface area (Å²) in [5.74, 6) is -7.84. The second-order valence-corrected chi connectivity index (χ2v) is 9.51. The van der Waals surface area contributed by atoms with E-state index in [0.29, 0.717) is 12.2 Å². The Morgan fingerprint density at radius 3 is 2.23 bits per heavy atom. The third-order valence-corrected chi connectivity index (χ3v) is 6.26. The Kier molecular flexibility index (Phi) is 10.6. The van der Waals surface area contributed by atoms with Crippen LogP contribution in [0.2, 0.25) is 0 Å². The third kappa shape index (κ3) is 9.66. The highest BCUT2D eigenvalue weighted by atomic mass is 19.4. The van der Waals surface area contributed by atoms with Gasteiger partial charge in [0.15, 0.2) is 5.82 Å². The molecule has 4 N–H and O–H groups in total. The predicted octanol–water partition coefficient (Wildman–Crippen LogP) is 2.53. The van der Waals surface area contributed by atoms with Crippen molar-refractivity contribution >= 4 is 23.6 Å². The van der Waals surface area contributed by atoms with Crippen molar-refractivity contribution in [3.63, 3.8) is 0 Å². The number of aliphatic carboxylic acids is 1. The molecule has 3 heterocycles. The number of aromatic nitrogens is 3. The van der Waals surface area contributed by atoms with Gasteiger partial charge in [0.1, 0.15) is 6.04 Å². The molecule has 1 saturated heterocycles. The van der Waals surface area contributed by atoms with Crippen LogP contribution in [0, 0.1) is 0 Å². The lowest BCUT2D eigenvalue weighted by Gasteiger charge is -2.31. The molecule has 43 heavy (non-hydrogen) atoms. The summed E-state index contributed by atoms with van der Waals surface area (Å²) in [6.45, 7) is 0.936. The summed E-state index contributed by atoms with van der Waals surface area (Å²) < 4.78 is 60.0. The quantitative estimate of drug-likeness (QED) is 0.246. The number of primary amides is 1. The van der Waals surface area contributed by atoms with E-state index in [2.05, 4.69) is 15.4 Å². The Hall–Kier alpha value is -4.73. The van der Waals surface area contributed by atoms with Crippen molar-refractivity contribution in [2.45, 2.75) is 43.9 Å². The molecule has 0 bridgehead atoms. The minimum Gasteiger partial charge on any atom is -0.475 e. The number of nitrogens with zero attached hydrogens (tertiary/aromatic N) is 4. The molecule has 0 spiro atoms. The molecule has 1 atom stereocenters. The van der Waals surface area contributed by atoms with Crippen molar-refractivity contribution in [2.75, 3.05) is 13.1 Å². The van der Waals surface area contributed by atoms with Gasteiger partial charge >= 0.3 is 12.1 Å². The van der Waals surface area contributed by atoms with Gasteiger partial charge in [-0.1, -0.05) is 30.3 Å². The first-order valence-electron chi connectivity index (χ1n) is 12.7. The highest BCUT2D eigenvalue weighted by Gasteiger charge is 2.38. The largest absolute Gasteiger partial charge is 0.490 e.